The molecule has 0 unspecified atom stereocenters. The van der Waals surface area contributed by atoms with Crippen molar-refractivity contribution in [1.29, 1.82) is 16.2 Å². The molecule has 0 aromatic heterocycles. The predicted octanol–water partition coefficient (Wildman–Crippen LogP) is 1.93. The highest BCUT2D eigenvalue weighted by atomic mass is 19.3. The number of hydrogen-bond acceptors (Lipinski definition) is 4. The van der Waals surface area contributed by atoms with Crippen molar-refractivity contribution in [1.82, 2.24) is 9.80 Å². The average Bonchev–Trinajstić information content (AvgIpc) is 2.79. The summed E-state index contributed by atoms with van der Waals surface area (Å²) in [6.45, 7) is 1.84. The Morgan fingerprint density at radius 2 is 2.10 bits per heavy atom. The Kier molecular flexibility index (Phi) is 3.97. The molecule has 0 aromatic carbocycles. The van der Waals surface area contributed by atoms with Gasteiger partial charge in [0.15, 0.2) is 0 Å². The second kappa shape index (κ2) is 5.42. The van der Waals surface area contributed by atoms with E-state index < -0.39 is 18.0 Å². The van der Waals surface area contributed by atoms with Crippen LogP contribution in [-0.2, 0) is 0 Å². The molecule has 1 saturated carbocycles. The minimum Gasteiger partial charge on any atom is -0.403 e. The molecule has 8 heteroatoms. The second-order valence-corrected chi connectivity index (χ2v) is 5.37. The van der Waals surface area contributed by atoms with Gasteiger partial charge in [-0.3, -0.25) is 21.1 Å². The van der Waals surface area contributed by atoms with Crippen molar-refractivity contribution in [3.8, 4) is 0 Å². The van der Waals surface area contributed by atoms with E-state index in [1.54, 1.807) is 4.90 Å². The van der Waals surface area contributed by atoms with Crippen LogP contribution in [0.1, 0.15) is 32.6 Å². The zero-order valence-electron chi connectivity index (χ0n) is 11.9. The van der Waals surface area contributed by atoms with Gasteiger partial charge in [-0.25, -0.2) is 8.78 Å². The van der Waals surface area contributed by atoms with E-state index in [4.69, 9.17) is 22.0 Å². The van der Waals surface area contributed by atoms with Crippen molar-refractivity contribution in [3.05, 3.63) is 11.9 Å². The van der Waals surface area contributed by atoms with Gasteiger partial charge in [-0.2, -0.15) is 0 Å². The highest BCUT2D eigenvalue weighted by Crippen LogP contribution is 2.40. The lowest BCUT2D eigenvalue weighted by Crippen LogP contribution is -2.60. The summed E-state index contributed by atoms with van der Waals surface area (Å²) in [6, 6.07) is -0.956. The number of hydrogen-bond donors (Lipinski definition) is 4. The third-order valence-electron chi connectivity index (χ3n) is 4.12. The van der Waals surface area contributed by atoms with Gasteiger partial charge in [0.1, 0.15) is 17.4 Å². The number of nitrogens with zero attached hydrogens (tertiary/aromatic N) is 2. The standard InChI is InChI=1S/C13H20F2N6/c1-2-9-11(18)20(7-17)10(6-16)12(19)21(9)8-3-4-13(14,15)5-8/h6-9,17-19H,2-5,16H2,1H3/b10-6+,17-7?,18-11?,19-12?/t8-,9-/m1/s1. The SMILES string of the molecule is CC[C@@H]1C(=N)N(C=N)/C(=C/N)C(=N)N1[C@@H]1CCC(F)(F)C1. The summed E-state index contributed by atoms with van der Waals surface area (Å²) in [4.78, 5) is 2.79. The molecule has 1 aliphatic heterocycles. The van der Waals surface area contributed by atoms with Crippen molar-refractivity contribution < 1.29 is 8.78 Å². The van der Waals surface area contributed by atoms with E-state index in [1.165, 1.54) is 4.90 Å². The van der Waals surface area contributed by atoms with Gasteiger partial charge in [0.2, 0.25) is 5.92 Å². The van der Waals surface area contributed by atoms with Crippen molar-refractivity contribution in [3.63, 3.8) is 0 Å². The van der Waals surface area contributed by atoms with Gasteiger partial charge >= 0.3 is 0 Å². The number of piperazine rings is 1. The third-order valence-corrected chi connectivity index (χ3v) is 4.12. The fourth-order valence-corrected chi connectivity index (χ4v) is 3.11. The first-order valence-electron chi connectivity index (χ1n) is 6.91. The number of nitrogens with one attached hydrogen (secondary N) is 3. The molecule has 1 aliphatic carbocycles. The lowest BCUT2D eigenvalue weighted by Gasteiger charge is -2.46. The van der Waals surface area contributed by atoms with Crippen LogP contribution in [0, 0.1) is 16.2 Å². The molecule has 21 heavy (non-hydrogen) atoms. The maximum absolute atomic E-state index is 13.5. The largest absolute Gasteiger partial charge is 0.403 e. The zero-order valence-corrected chi connectivity index (χ0v) is 11.9. The molecule has 1 heterocycles. The van der Waals surface area contributed by atoms with E-state index in [1.807, 2.05) is 6.92 Å². The van der Waals surface area contributed by atoms with Crippen LogP contribution in [0.2, 0.25) is 0 Å². The van der Waals surface area contributed by atoms with Gasteiger partial charge in [-0.1, -0.05) is 6.92 Å². The van der Waals surface area contributed by atoms with E-state index >= 15 is 0 Å². The van der Waals surface area contributed by atoms with E-state index in [0.717, 1.165) is 12.5 Å². The summed E-state index contributed by atoms with van der Waals surface area (Å²) in [7, 11) is 0. The van der Waals surface area contributed by atoms with Gasteiger partial charge in [0, 0.05) is 25.1 Å². The van der Waals surface area contributed by atoms with E-state index in [2.05, 4.69) is 0 Å². The molecule has 2 fully saturated rings. The van der Waals surface area contributed by atoms with Crippen molar-refractivity contribution in [2.75, 3.05) is 0 Å². The quantitative estimate of drug-likeness (QED) is 0.472. The Morgan fingerprint density at radius 3 is 2.52 bits per heavy atom. The van der Waals surface area contributed by atoms with E-state index in [0.29, 0.717) is 12.8 Å². The number of amidine groups is 2. The fourth-order valence-electron chi connectivity index (χ4n) is 3.11. The van der Waals surface area contributed by atoms with Crippen LogP contribution in [0.5, 0.6) is 0 Å². The lowest BCUT2D eigenvalue weighted by atomic mass is 10.0. The first kappa shape index (κ1) is 15.4. The summed E-state index contributed by atoms with van der Waals surface area (Å²) >= 11 is 0. The molecule has 0 radical (unpaired) electrons. The zero-order chi connectivity index (χ0) is 15.8. The Labute approximate surface area is 122 Å². The number of rotatable bonds is 3. The van der Waals surface area contributed by atoms with Crippen LogP contribution in [0.3, 0.4) is 0 Å². The van der Waals surface area contributed by atoms with Crippen LogP contribution in [0.25, 0.3) is 0 Å². The van der Waals surface area contributed by atoms with Gasteiger partial charge in [-0.05, 0) is 12.8 Å². The summed E-state index contributed by atoms with van der Waals surface area (Å²) < 4.78 is 27.0. The normalized spacial score (nSPS) is 31.1. The minimum atomic E-state index is -2.71. The molecule has 0 spiro atoms. The van der Waals surface area contributed by atoms with Crippen LogP contribution in [0.15, 0.2) is 11.9 Å². The molecule has 116 valence electrons. The summed E-state index contributed by atoms with van der Waals surface area (Å²) in [5.41, 5.74) is 5.69. The highest BCUT2D eigenvalue weighted by molar-refractivity contribution is 6.11. The minimum absolute atomic E-state index is 0.00606. The number of alkyl halides is 2. The summed E-state index contributed by atoms with van der Waals surface area (Å²) in [6.07, 6.45) is 2.38. The smallest absolute Gasteiger partial charge is 0.250 e. The van der Waals surface area contributed by atoms with Gasteiger partial charge < -0.3 is 10.6 Å². The maximum Gasteiger partial charge on any atom is 0.250 e. The molecule has 2 rings (SSSR count). The molecule has 5 N–H and O–H groups in total. The van der Waals surface area contributed by atoms with Gasteiger partial charge in [0.05, 0.1) is 12.4 Å². The van der Waals surface area contributed by atoms with Crippen molar-refractivity contribution in [2.45, 2.75) is 50.6 Å². The van der Waals surface area contributed by atoms with Crippen molar-refractivity contribution >= 4 is 18.0 Å². The first-order valence-corrected chi connectivity index (χ1v) is 6.91. The fraction of sp³-hybridized carbons (Fsp3) is 0.615. The molecule has 2 atom stereocenters. The lowest BCUT2D eigenvalue weighted by molar-refractivity contribution is 0.00301. The molecule has 0 bridgehead atoms. The highest BCUT2D eigenvalue weighted by Gasteiger charge is 2.47. The Hall–Kier alpha value is -1.99. The molecule has 2 aliphatic rings. The number of halogens is 2. The third kappa shape index (κ3) is 2.50. The molecule has 0 amide bonds. The first-order chi connectivity index (χ1) is 9.86. The maximum atomic E-state index is 13.5. The Morgan fingerprint density at radius 1 is 1.43 bits per heavy atom. The molecular weight excluding hydrogens is 278 g/mol. The van der Waals surface area contributed by atoms with Gasteiger partial charge in [-0.15, -0.1) is 0 Å². The topological polar surface area (TPSA) is 104 Å². The molecular formula is C13H20F2N6. The Bertz CT molecular complexity index is 501. The summed E-state index contributed by atoms with van der Waals surface area (Å²) in [5, 5.41) is 23.8. The van der Waals surface area contributed by atoms with Gasteiger partial charge in [0.25, 0.3) is 0 Å². The van der Waals surface area contributed by atoms with Crippen LogP contribution in [-0.4, -0.2) is 45.8 Å². The molecule has 0 aromatic rings. The second-order valence-electron chi connectivity index (χ2n) is 5.37. The number of nitrogens with two attached hydrogens (primary N) is 1. The van der Waals surface area contributed by atoms with E-state index in [9.17, 15) is 8.78 Å². The molecule has 1 saturated heterocycles. The van der Waals surface area contributed by atoms with Crippen LogP contribution in [0.4, 0.5) is 8.78 Å². The Balaban J connectivity index is 2.37. The summed E-state index contributed by atoms with van der Waals surface area (Å²) in [5.74, 6) is -2.61. The monoisotopic (exact) mass is 298 g/mol. The predicted molar refractivity (Wildman–Crippen MR) is 76.9 cm³/mol. The van der Waals surface area contributed by atoms with Crippen molar-refractivity contribution in [2.24, 2.45) is 5.73 Å². The van der Waals surface area contributed by atoms with Crippen LogP contribution >= 0.6 is 0 Å². The average molecular weight is 298 g/mol. The van der Waals surface area contributed by atoms with E-state index in [-0.39, 0.29) is 30.2 Å². The molecule has 6 nitrogen and oxygen atoms in total. The van der Waals surface area contributed by atoms with Crippen LogP contribution < -0.4 is 5.73 Å².